The third-order valence-electron chi connectivity index (χ3n) is 4.16. The normalized spacial score (nSPS) is 26.9. The zero-order chi connectivity index (χ0) is 10.7. The van der Waals surface area contributed by atoms with Crippen molar-refractivity contribution in [2.24, 2.45) is 16.3 Å². The molecule has 0 radical (unpaired) electrons. The van der Waals surface area contributed by atoms with Gasteiger partial charge in [0.15, 0.2) is 0 Å². The van der Waals surface area contributed by atoms with Crippen molar-refractivity contribution in [1.29, 1.82) is 0 Å². The van der Waals surface area contributed by atoms with Crippen LogP contribution in [0.5, 0.6) is 0 Å². The van der Waals surface area contributed by atoms with Crippen molar-refractivity contribution >= 4 is 5.96 Å². The molecule has 1 saturated carbocycles. The average molecular weight is 211 g/mol. The van der Waals surface area contributed by atoms with Gasteiger partial charge in [-0.15, -0.1) is 0 Å². The summed E-state index contributed by atoms with van der Waals surface area (Å²) in [6, 6.07) is 0. The summed E-state index contributed by atoms with van der Waals surface area (Å²) in [7, 11) is 0. The molecule has 2 fully saturated rings. The van der Waals surface area contributed by atoms with E-state index in [1.165, 1.54) is 44.9 Å². The first-order chi connectivity index (χ1) is 7.26. The molecule has 1 saturated heterocycles. The average Bonchev–Trinajstić information content (AvgIpc) is 2.30. The Bertz CT molecular complexity index is 236. The number of piperidine rings is 1. The first kappa shape index (κ1) is 10.6. The van der Waals surface area contributed by atoms with Crippen LogP contribution in [-0.4, -0.2) is 29.2 Å². The Morgan fingerprint density at radius 2 is 1.67 bits per heavy atom. The molecule has 0 aromatic carbocycles. The number of oxime groups is 1. The molecule has 86 valence electrons. The van der Waals surface area contributed by atoms with Gasteiger partial charge in [0, 0.05) is 13.1 Å². The van der Waals surface area contributed by atoms with Gasteiger partial charge in [0.25, 0.3) is 0 Å². The van der Waals surface area contributed by atoms with E-state index in [-0.39, 0.29) is 5.96 Å². The molecule has 4 nitrogen and oxygen atoms in total. The van der Waals surface area contributed by atoms with Crippen LogP contribution < -0.4 is 5.73 Å². The van der Waals surface area contributed by atoms with Crippen LogP contribution in [0.4, 0.5) is 0 Å². The molecule has 1 spiro atoms. The van der Waals surface area contributed by atoms with Gasteiger partial charge < -0.3 is 15.8 Å². The van der Waals surface area contributed by atoms with Crippen molar-refractivity contribution in [2.75, 3.05) is 13.1 Å². The molecular weight excluding hydrogens is 190 g/mol. The molecule has 0 aromatic rings. The Hall–Kier alpha value is -0.930. The van der Waals surface area contributed by atoms with Crippen molar-refractivity contribution in [1.82, 2.24) is 4.90 Å². The monoisotopic (exact) mass is 211 g/mol. The molecule has 15 heavy (non-hydrogen) atoms. The fourth-order valence-corrected chi connectivity index (χ4v) is 3.08. The Morgan fingerprint density at radius 3 is 2.20 bits per heavy atom. The highest BCUT2D eigenvalue weighted by Crippen LogP contribution is 2.44. The maximum absolute atomic E-state index is 8.61. The van der Waals surface area contributed by atoms with Gasteiger partial charge in [-0.2, -0.15) is 0 Å². The van der Waals surface area contributed by atoms with Gasteiger partial charge >= 0.3 is 0 Å². The molecule has 4 heteroatoms. The lowest BCUT2D eigenvalue weighted by atomic mass is 9.68. The highest BCUT2D eigenvalue weighted by Gasteiger charge is 2.35. The van der Waals surface area contributed by atoms with Gasteiger partial charge in [-0.1, -0.05) is 24.4 Å². The van der Waals surface area contributed by atoms with Gasteiger partial charge in [0.05, 0.1) is 0 Å². The summed E-state index contributed by atoms with van der Waals surface area (Å²) in [6.45, 7) is 1.91. The molecule has 1 heterocycles. The van der Waals surface area contributed by atoms with Gasteiger partial charge in [-0.05, 0) is 31.1 Å². The Balaban J connectivity index is 1.90. The van der Waals surface area contributed by atoms with Crippen molar-refractivity contribution in [3.63, 3.8) is 0 Å². The fourth-order valence-electron chi connectivity index (χ4n) is 3.08. The van der Waals surface area contributed by atoms with Crippen LogP contribution in [0, 0.1) is 5.41 Å². The summed E-state index contributed by atoms with van der Waals surface area (Å²) >= 11 is 0. The summed E-state index contributed by atoms with van der Waals surface area (Å²) in [5.41, 5.74) is 6.18. The summed E-state index contributed by atoms with van der Waals surface area (Å²) in [5, 5.41) is 11.7. The second kappa shape index (κ2) is 4.29. The Morgan fingerprint density at radius 1 is 1.07 bits per heavy atom. The molecule has 1 aliphatic carbocycles. The standard InChI is InChI=1S/C11H21N3O/c12-10(13-15)14-8-6-11(7-9-14)4-2-1-3-5-11/h15H,1-9H2,(H2,12,13). The first-order valence-corrected chi connectivity index (χ1v) is 5.98. The number of hydrogen-bond acceptors (Lipinski definition) is 2. The molecule has 0 atom stereocenters. The van der Waals surface area contributed by atoms with E-state index < -0.39 is 0 Å². The minimum atomic E-state index is 0.278. The van der Waals surface area contributed by atoms with Crippen LogP contribution in [0.1, 0.15) is 44.9 Å². The van der Waals surface area contributed by atoms with Gasteiger partial charge in [-0.3, -0.25) is 0 Å². The van der Waals surface area contributed by atoms with Crippen LogP contribution in [0.2, 0.25) is 0 Å². The van der Waals surface area contributed by atoms with E-state index in [4.69, 9.17) is 10.9 Å². The van der Waals surface area contributed by atoms with E-state index in [0.717, 1.165) is 13.1 Å². The molecule has 2 aliphatic rings. The number of hydrogen-bond donors (Lipinski definition) is 2. The molecule has 1 aliphatic heterocycles. The molecule has 2 rings (SSSR count). The number of nitrogens with zero attached hydrogens (tertiary/aromatic N) is 2. The molecule has 3 N–H and O–H groups in total. The lowest BCUT2D eigenvalue weighted by Crippen LogP contribution is -2.46. The lowest BCUT2D eigenvalue weighted by molar-refractivity contribution is 0.0955. The second-order valence-electron chi connectivity index (χ2n) is 5.01. The highest BCUT2D eigenvalue weighted by molar-refractivity contribution is 5.77. The maximum Gasteiger partial charge on any atom is 0.233 e. The maximum atomic E-state index is 8.61. The minimum Gasteiger partial charge on any atom is -0.408 e. The Kier molecular flexibility index (Phi) is 3.03. The summed E-state index contributed by atoms with van der Waals surface area (Å²) in [5.74, 6) is 0.278. The Labute approximate surface area is 91.1 Å². The van der Waals surface area contributed by atoms with E-state index in [0.29, 0.717) is 5.41 Å². The van der Waals surface area contributed by atoms with Crippen molar-refractivity contribution in [2.45, 2.75) is 44.9 Å². The highest BCUT2D eigenvalue weighted by atomic mass is 16.4. The van der Waals surface area contributed by atoms with Gasteiger partial charge in [-0.25, -0.2) is 0 Å². The summed E-state index contributed by atoms with van der Waals surface area (Å²) in [4.78, 5) is 1.99. The quantitative estimate of drug-likeness (QED) is 0.278. The van der Waals surface area contributed by atoms with Crippen LogP contribution in [0.3, 0.4) is 0 Å². The van der Waals surface area contributed by atoms with Crippen molar-refractivity contribution in [3.8, 4) is 0 Å². The summed E-state index contributed by atoms with van der Waals surface area (Å²) in [6.07, 6.45) is 9.39. The van der Waals surface area contributed by atoms with Gasteiger partial charge in [0.1, 0.15) is 0 Å². The van der Waals surface area contributed by atoms with E-state index in [2.05, 4.69) is 5.16 Å². The smallest absolute Gasteiger partial charge is 0.233 e. The SMILES string of the molecule is NC(=NO)N1CCC2(CCCCC2)CC1. The summed E-state index contributed by atoms with van der Waals surface area (Å²) < 4.78 is 0. The third kappa shape index (κ3) is 2.19. The van der Waals surface area contributed by atoms with E-state index in [9.17, 15) is 0 Å². The van der Waals surface area contributed by atoms with E-state index in [1.807, 2.05) is 4.90 Å². The largest absolute Gasteiger partial charge is 0.408 e. The zero-order valence-corrected chi connectivity index (χ0v) is 9.28. The topological polar surface area (TPSA) is 61.9 Å². The number of likely N-dealkylation sites (tertiary alicyclic amines) is 1. The number of rotatable bonds is 0. The van der Waals surface area contributed by atoms with E-state index in [1.54, 1.807) is 0 Å². The zero-order valence-electron chi connectivity index (χ0n) is 9.28. The molecule has 0 aromatic heterocycles. The van der Waals surface area contributed by atoms with Crippen LogP contribution in [0.25, 0.3) is 0 Å². The third-order valence-corrected chi connectivity index (χ3v) is 4.16. The number of nitrogens with two attached hydrogens (primary N) is 1. The minimum absolute atomic E-state index is 0.278. The predicted molar refractivity (Wildman–Crippen MR) is 59.7 cm³/mol. The van der Waals surface area contributed by atoms with Crippen LogP contribution >= 0.6 is 0 Å². The van der Waals surface area contributed by atoms with Gasteiger partial charge in [0.2, 0.25) is 5.96 Å². The lowest BCUT2D eigenvalue weighted by Gasteiger charge is -2.44. The second-order valence-corrected chi connectivity index (χ2v) is 5.01. The molecule has 0 amide bonds. The van der Waals surface area contributed by atoms with Crippen LogP contribution in [0.15, 0.2) is 5.16 Å². The fraction of sp³-hybridized carbons (Fsp3) is 0.909. The van der Waals surface area contributed by atoms with Crippen molar-refractivity contribution < 1.29 is 5.21 Å². The van der Waals surface area contributed by atoms with Crippen LogP contribution in [-0.2, 0) is 0 Å². The molecule has 0 bridgehead atoms. The first-order valence-electron chi connectivity index (χ1n) is 5.98. The van der Waals surface area contributed by atoms with Crippen molar-refractivity contribution in [3.05, 3.63) is 0 Å². The molecule has 0 unspecified atom stereocenters. The van der Waals surface area contributed by atoms with E-state index >= 15 is 0 Å². The predicted octanol–water partition coefficient (Wildman–Crippen LogP) is 1.74. The molecular formula is C11H21N3O. The number of guanidine groups is 1.